The summed E-state index contributed by atoms with van der Waals surface area (Å²) >= 11 is 5.95. The third-order valence-corrected chi connectivity index (χ3v) is 2.63. The quantitative estimate of drug-likeness (QED) is 0.833. The molecule has 0 radical (unpaired) electrons. The van der Waals surface area contributed by atoms with Gasteiger partial charge < -0.3 is 20.3 Å². The van der Waals surface area contributed by atoms with Gasteiger partial charge in [-0.25, -0.2) is 0 Å². The third kappa shape index (κ3) is 3.01. The molecule has 0 aliphatic heterocycles. The zero-order chi connectivity index (χ0) is 13.0. The summed E-state index contributed by atoms with van der Waals surface area (Å²) in [6, 6.07) is 2.24. The van der Waals surface area contributed by atoms with E-state index in [1.165, 1.54) is 14.2 Å². The molecule has 0 bridgehead atoms. The average molecular weight is 260 g/mol. The first-order valence-corrected chi connectivity index (χ1v) is 5.26. The monoisotopic (exact) mass is 259 g/mol. The van der Waals surface area contributed by atoms with Crippen molar-refractivity contribution < 1.29 is 19.4 Å². The van der Waals surface area contributed by atoms with Gasteiger partial charge in [0.25, 0.3) is 0 Å². The Labute approximate surface area is 104 Å². The number of halogens is 1. The van der Waals surface area contributed by atoms with Crippen LogP contribution in [-0.2, 0) is 11.2 Å². The number of carbonyl (C=O) groups is 1. The van der Waals surface area contributed by atoms with E-state index in [0.717, 1.165) is 0 Å². The van der Waals surface area contributed by atoms with Gasteiger partial charge in [0.15, 0.2) is 0 Å². The Balaban J connectivity index is 3.18. The van der Waals surface area contributed by atoms with Gasteiger partial charge in [-0.3, -0.25) is 4.79 Å². The molecule has 0 amide bonds. The summed E-state index contributed by atoms with van der Waals surface area (Å²) in [5, 5.41) is 9.19. The number of nitrogens with two attached hydrogens (primary N) is 1. The van der Waals surface area contributed by atoms with Gasteiger partial charge in [-0.2, -0.15) is 0 Å². The maximum absolute atomic E-state index is 10.7. The molecule has 5 nitrogen and oxygen atoms in total. The minimum atomic E-state index is -1.09. The summed E-state index contributed by atoms with van der Waals surface area (Å²) in [6.45, 7) is 0. The van der Waals surface area contributed by atoms with E-state index in [1.807, 2.05) is 0 Å². The Morgan fingerprint density at radius 3 is 2.59 bits per heavy atom. The second-order valence-electron chi connectivity index (χ2n) is 3.41. The van der Waals surface area contributed by atoms with Crippen molar-refractivity contribution in [3.63, 3.8) is 0 Å². The van der Waals surface area contributed by atoms with E-state index < -0.39 is 12.0 Å². The Morgan fingerprint density at radius 1 is 1.47 bits per heavy atom. The van der Waals surface area contributed by atoms with Gasteiger partial charge in [0.2, 0.25) is 0 Å². The maximum Gasteiger partial charge on any atom is 0.320 e. The molecule has 17 heavy (non-hydrogen) atoms. The van der Waals surface area contributed by atoms with E-state index in [0.29, 0.717) is 22.1 Å². The Kier molecular flexibility index (Phi) is 4.60. The van der Waals surface area contributed by atoms with Crippen LogP contribution in [-0.4, -0.2) is 31.3 Å². The molecule has 0 heterocycles. The lowest BCUT2D eigenvalue weighted by Crippen LogP contribution is -2.32. The van der Waals surface area contributed by atoms with Crippen molar-refractivity contribution in [3.05, 3.63) is 22.7 Å². The van der Waals surface area contributed by atoms with Crippen LogP contribution < -0.4 is 15.2 Å². The minimum Gasteiger partial charge on any atom is -0.496 e. The fourth-order valence-electron chi connectivity index (χ4n) is 1.49. The van der Waals surface area contributed by atoms with Crippen molar-refractivity contribution >= 4 is 17.6 Å². The normalized spacial score (nSPS) is 12.0. The lowest BCUT2D eigenvalue weighted by molar-refractivity contribution is -0.138. The molecule has 0 aromatic heterocycles. The number of ether oxygens (including phenoxy) is 2. The topological polar surface area (TPSA) is 81.8 Å². The molecule has 1 aromatic carbocycles. The smallest absolute Gasteiger partial charge is 0.320 e. The molecule has 0 aliphatic rings. The number of benzene rings is 1. The third-order valence-electron chi connectivity index (χ3n) is 2.33. The highest BCUT2D eigenvalue weighted by Gasteiger charge is 2.20. The number of carboxylic acids is 1. The molecule has 1 aromatic rings. The molecule has 1 unspecified atom stereocenters. The van der Waals surface area contributed by atoms with Gasteiger partial charge in [0, 0.05) is 12.0 Å². The highest BCUT2D eigenvalue weighted by molar-refractivity contribution is 6.32. The zero-order valence-electron chi connectivity index (χ0n) is 9.57. The number of rotatable bonds is 5. The molecular formula is C11H14ClNO4. The summed E-state index contributed by atoms with van der Waals surface area (Å²) in [4.78, 5) is 10.7. The van der Waals surface area contributed by atoms with Crippen LogP contribution in [0.25, 0.3) is 0 Å². The van der Waals surface area contributed by atoms with E-state index in [1.54, 1.807) is 12.1 Å². The zero-order valence-corrected chi connectivity index (χ0v) is 10.3. The Hall–Kier alpha value is -1.46. The predicted octanol–water partition coefficient (Wildman–Crippen LogP) is 1.31. The van der Waals surface area contributed by atoms with Gasteiger partial charge >= 0.3 is 5.97 Å². The summed E-state index contributed by atoms with van der Waals surface area (Å²) in [7, 11) is 2.94. The molecule has 6 heteroatoms. The van der Waals surface area contributed by atoms with Crippen LogP contribution in [0.3, 0.4) is 0 Å². The van der Waals surface area contributed by atoms with Crippen LogP contribution in [0.15, 0.2) is 12.1 Å². The Bertz CT molecular complexity index is 422. The van der Waals surface area contributed by atoms with Gasteiger partial charge in [0.1, 0.15) is 17.5 Å². The van der Waals surface area contributed by atoms with Crippen LogP contribution in [0.2, 0.25) is 5.02 Å². The molecule has 0 aliphatic carbocycles. The van der Waals surface area contributed by atoms with Crippen molar-refractivity contribution in [2.75, 3.05) is 14.2 Å². The van der Waals surface area contributed by atoms with Gasteiger partial charge in [0.05, 0.1) is 19.2 Å². The van der Waals surface area contributed by atoms with Crippen molar-refractivity contribution in [2.45, 2.75) is 12.5 Å². The highest BCUT2D eigenvalue weighted by atomic mass is 35.5. The molecule has 3 N–H and O–H groups in total. The first-order valence-electron chi connectivity index (χ1n) is 4.89. The van der Waals surface area contributed by atoms with E-state index >= 15 is 0 Å². The summed E-state index contributed by atoms with van der Waals surface area (Å²) < 4.78 is 10.3. The largest absolute Gasteiger partial charge is 0.496 e. The second kappa shape index (κ2) is 5.75. The van der Waals surface area contributed by atoms with Crippen molar-refractivity contribution in [3.8, 4) is 11.5 Å². The highest BCUT2D eigenvalue weighted by Crippen LogP contribution is 2.35. The van der Waals surface area contributed by atoms with Crippen molar-refractivity contribution in [2.24, 2.45) is 5.73 Å². The molecule has 1 atom stereocenters. The standard InChI is InChI=1S/C11H14ClNO4/c1-16-9-4-3-7(12)10(17-2)6(9)5-8(13)11(14)15/h3-4,8H,5,13H2,1-2H3,(H,14,15). The molecule has 0 saturated carbocycles. The molecule has 0 saturated heterocycles. The lowest BCUT2D eigenvalue weighted by atomic mass is 10.0. The minimum absolute atomic E-state index is 0.0856. The number of hydrogen-bond acceptors (Lipinski definition) is 4. The van der Waals surface area contributed by atoms with Gasteiger partial charge in [-0.05, 0) is 12.1 Å². The SMILES string of the molecule is COc1ccc(Cl)c(OC)c1CC(N)C(=O)O. The molecular weight excluding hydrogens is 246 g/mol. The second-order valence-corrected chi connectivity index (χ2v) is 3.82. The van der Waals surface area contributed by atoms with Crippen LogP contribution >= 0.6 is 11.6 Å². The molecule has 1 rings (SSSR count). The van der Waals surface area contributed by atoms with Crippen LogP contribution in [0.4, 0.5) is 0 Å². The van der Waals surface area contributed by atoms with E-state index in [4.69, 9.17) is 31.9 Å². The average Bonchev–Trinajstić information content (AvgIpc) is 2.29. The lowest BCUT2D eigenvalue weighted by Gasteiger charge is -2.16. The van der Waals surface area contributed by atoms with Crippen LogP contribution in [0.1, 0.15) is 5.56 Å². The van der Waals surface area contributed by atoms with E-state index in [9.17, 15) is 4.79 Å². The fraction of sp³-hybridized carbons (Fsp3) is 0.364. The van der Waals surface area contributed by atoms with Crippen molar-refractivity contribution in [1.82, 2.24) is 0 Å². The van der Waals surface area contributed by atoms with Crippen LogP contribution in [0, 0.1) is 0 Å². The first kappa shape index (κ1) is 13.6. The number of carboxylic acid groups (broad SMARTS) is 1. The molecule has 0 fully saturated rings. The number of aliphatic carboxylic acids is 1. The molecule has 0 spiro atoms. The maximum atomic E-state index is 10.7. The number of methoxy groups -OCH3 is 2. The predicted molar refractivity (Wildman–Crippen MR) is 63.9 cm³/mol. The Morgan fingerprint density at radius 2 is 2.12 bits per heavy atom. The first-order chi connectivity index (χ1) is 8.01. The van der Waals surface area contributed by atoms with E-state index in [-0.39, 0.29) is 6.42 Å². The summed E-state index contributed by atoms with van der Waals surface area (Å²) in [5.41, 5.74) is 6.05. The fourth-order valence-corrected chi connectivity index (χ4v) is 1.75. The van der Waals surface area contributed by atoms with Gasteiger partial charge in [-0.1, -0.05) is 11.6 Å². The molecule has 94 valence electrons. The summed E-state index contributed by atoms with van der Waals surface area (Å²) in [5.74, 6) is -0.195. The van der Waals surface area contributed by atoms with E-state index in [2.05, 4.69) is 0 Å². The van der Waals surface area contributed by atoms with Crippen molar-refractivity contribution in [1.29, 1.82) is 0 Å². The summed E-state index contributed by atoms with van der Waals surface area (Å²) in [6.07, 6.45) is 0.0856. The van der Waals surface area contributed by atoms with Gasteiger partial charge in [-0.15, -0.1) is 0 Å². The van der Waals surface area contributed by atoms with Crippen LogP contribution in [0.5, 0.6) is 11.5 Å². The number of hydrogen-bond donors (Lipinski definition) is 2.